The first kappa shape index (κ1) is 14.8. The normalized spacial score (nSPS) is 10.3. The van der Waals surface area contributed by atoms with Gasteiger partial charge in [0.15, 0.2) is 0 Å². The number of benzene rings is 2. The molecule has 0 heterocycles. The predicted octanol–water partition coefficient (Wildman–Crippen LogP) is 3.75. The molecule has 0 atom stereocenters. The molecule has 0 unspecified atom stereocenters. The Labute approximate surface area is 128 Å². The minimum atomic E-state index is -0.238. The topological polar surface area (TPSA) is 29.3 Å². The van der Waals surface area contributed by atoms with Crippen LogP contribution in [0.4, 0.5) is 10.1 Å². The summed E-state index contributed by atoms with van der Waals surface area (Å²) in [7, 11) is 1.85. The van der Waals surface area contributed by atoms with Crippen LogP contribution in [0.5, 0.6) is 0 Å². The molecule has 2 nitrogen and oxygen atoms in total. The van der Waals surface area contributed by atoms with Gasteiger partial charge in [0.2, 0.25) is 0 Å². The number of anilines is 1. The molecule has 0 amide bonds. The van der Waals surface area contributed by atoms with Crippen LogP contribution in [0.1, 0.15) is 11.1 Å². The molecule has 0 saturated carbocycles. The van der Waals surface area contributed by atoms with Crippen LogP contribution in [0.3, 0.4) is 0 Å². The minimum absolute atomic E-state index is 0.238. The maximum absolute atomic E-state index is 13.7. The Hall–Kier alpha value is -1.65. The summed E-state index contributed by atoms with van der Waals surface area (Å²) < 4.78 is 13.7. The average molecular weight is 309 g/mol. The molecule has 104 valence electrons. The standard InChI is InChI=1S/C15H14ClFN2S/c1-19(9-10-4-2-3-5-13(10)17)14-8-11(16)6-7-12(14)15(18)20/h2-8H,9H2,1H3,(H2,18,20). The largest absolute Gasteiger partial charge is 0.389 e. The molecule has 0 aliphatic carbocycles. The second kappa shape index (κ2) is 6.20. The summed E-state index contributed by atoms with van der Waals surface area (Å²) in [5, 5.41) is 0.584. The highest BCUT2D eigenvalue weighted by Crippen LogP contribution is 2.25. The highest BCUT2D eigenvalue weighted by molar-refractivity contribution is 7.80. The Kier molecular flexibility index (Phi) is 4.57. The van der Waals surface area contributed by atoms with E-state index in [1.807, 2.05) is 11.9 Å². The van der Waals surface area contributed by atoms with Gasteiger partial charge in [0.05, 0.1) is 0 Å². The van der Waals surface area contributed by atoms with Gasteiger partial charge >= 0.3 is 0 Å². The van der Waals surface area contributed by atoms with Gasteiger partial charge in [-0.3, -0.25) is 0 Å². The first-order valence-corrected chi connectivity index (χ1v) is 6.81. The van der Waals surface area contributed by atoms with Crippen LogP contribution in [-0.4, -0.2) is 12.0 Å². The predicted molar refractivity (Wildman–Crippen MR) is 85.8 cm³/mol. The zero-order chi connectivity index (χ0) is 14.7. The zero-order valence-corrected chi connectivity index (χ0v) is 12.5. The van der Waals surface area contributed by atoms with E-state index in [0.717, 1.165) is 11.3 Å². The number of nitrogens with two attached hydrogens (primary N) is 1. The maximum Gasteiger partial charge on any atom is 0.128 e. The quantitative estimate of drug-likeness (QED) is 0.872. The van der Waals surface area contributed by atoms with E-state index in [1.165, 1.54) is 6.07 Å². The van der Waals surface area contributed by atoms with Gasteiger partial charge in [-0.25, -0.2) is 4.39 Å². The van der Waals surface area contributed by atoms with E-state index in [4.69, 9.17) is 29.6 Å². The van der Waals surface area contributed by atoms with Crippen LogP contribution in [0.2, 0.25) is 5.02 Å². The summed E-state index contributed by atoms with van der Waals surface area (Å²) in [6, 6.07) is 11.9. The van der Waals surface area contributed by atoms with Gasteiger partial charge in [0.25, 0.3) is 0 Å². The Morgan fingerprint density at radius 1 is 1.30 bits per heavy atom. The van der Waals surface area contributed by atoms with E-state index in [9.17, 15) is 4.39 Å². The Morgan fingerprint density at radius 2 is 2.00 bits per heavy atom. The van der Waals surface area contributed by atoms with Gasteiger partial charge in [-0.1, -0.05) is 42.0 Å². The number of hydrogen-bond acceptors (Lipinski definition) is 2. The van der Waals surface area contributed by atoms with Crippen LogP contribution in [-0.2, 0) is 6.54 Å². The van der Waals surface area contributed by atoms with E-state index >= 15 is 0 Å². The van der Waals surface area contributed by atoms with Crippen molar-refractivity contribution in [1.82, 2.24) is 0 Å². The third-order valence-corrected chi connectivity index (χ3v) is 3.46. The van der Waals surface area contributed by atoms with Crippen molar-refractivity contribution in [2.24, 2.45) is 5.73 Å². The van der Waals surface area contributed by atoms with Crippen LogP contribution < -0.4 is 10.6 Å². The maximum atomic E-state index is 13.7. The fourth-order valence-electron chi connectivity index (χ4n) is 2.00. The van der Waals surface area contributed by atoms with Crippen LogP contribution in [0.15, 0.2) is 42.5 Å². The smallest absolute Gasteiger partial charge is 0.128 e. The highest BCUT2D eigenvalue weighted by Gasteiger charge is 2.12. The molecule has 5 heteroatoms. The average Bonchev–Trinajstić information content (AvgIpc) is 2.40. The molecule has 0 spiro atoms. The molecule has 2 rings (SSSR count). The molecular formula is C15H14ClFN2S. The molecule has 2 aromatic carbocycles. The Morgan fingerprint density at radius 3 is 2.65 bits per heavy atom. The molecule has 0 bridgehead atoms. The third-order valence-electron chi connectivity index (χ3n) is 3.00. The SMILES string of the molecule is CN(Cc1ccccc1F)c1cc(Cl)ccc1C(N)=S. The van der Waals surface area contributed by atoms with E-state index in [1.54, 1.807) is 36.4 Å². The summed E-state index contributed by atoms with van der Waals surface area (Å²) in [6.07, 6.45) is 0. The first-order valence-electron chi connectivity index (χ1n) is 6.03. The molecule has 0 fully saturated rings. The number of hydrogen-bond donors (Lipinski definition) is 1. The van der Waals surface area contributed by atoms with Crippen molar-refractivity contribution in [3.63, 3.8) is 0 Å². The van der Waals surface area contributed by atoms with Gasteiger partial charge in [0, 0.05) is 35.4 Å². The van der Waals surface area contributed by atoms with Crippen LogP contribution >= 0.6 is 23.8 Å². The molecule has 20 heavy (non-hydrogen) atoms. The second-order valence-corrected chi connectivity index (χ2v) is 5.35. The molecule has 2 N–H and O–H groups in total. The van der Waals surface area contributed by atoms with E-state index in [0.29, 0.717) is 17.1 Å². The number of nitrogens with zero attached hydrogens (tertiary/aromatic N) is 1. The van der Waals surface area contributed by atoms with Gasteiger partial charge in [-0.2, -0.15) is 0 Å². The summed E-state index contributed by atoms with van der Waals surface area (Å²) in [4.78, 5) is 2.16. The summed E-state index contributed by atoms with van der Waals surface area (Å²) in [6.45, 7) is 0.405. The lowest BCUT2D eigenvalue weighted by atomic mass is 10.1. The molecule has 0 aliphatic rings. The van der Waals surface area contributed by atoms with E-state index < -0.39 is 0 Å². The van der Waals surface area contributed by atoms with Crippen molar-refractivity contribution in [1.29, 1.82) is 0 Å². The molecule has 0 saturated heterocycles. The molecular weight excluding hydrogens is 295 g/mol. The molecule has 2 aromatic rings. The van der Waals surface area contributed by atoms with Gasteiger partial charge in [-0.05, 0) is 24.3 Å². The fraction of sp³-hybridized carbons (Fsp3) is 0.133. The third kappa shape index (κ3) is 3.26. The molecule has 0 aliphatic heterocycles. The van der Waals surface area contributed by atoms with E-state index in [-0.39, 0.29) is 10.8 Å². The number of thiocarbonyl (C=S) groups is 1. The summed E-state index contributed by atoms with van der Waals surface area (Å²) >= 11 is 11.1. The van der Waals surface area contributed by atoms with Crippen molar-refractivity contribution < 1.29 is 4.39 Å². The monoisotopic (exact) mass is 308 g/mol. The first-order chi connectivity index (χ1) is 9.49. The van der Waals surface area contributed by atoms with Gasteiger partial charge in [0.1, 0.15) is 10.8 Å². The molecule has 0 radical (unpaired) electrons. The van der Waals surface area contributed by atoms with Crippen LogP contribution in [0.25, 0.3) is 0 Å². The van der Waals surface area contributed by atoms with Crippen molar-refractivity contribution >= 4 is 34.5 Å². The van der Waals surface area contributed by atoms with Crippen molar-refractivity contribution in [3.05, 3.63) is 64.4 Å². The second-order valence-electron chi connectivity index (χ2n) is 4.47. The number of rotatable bonds is 4. The fourth-order valence-corrected chi connectivity index (χ4v) is 2.34. The van der Waals surface area contributed by atoms with Crippen molar-refractivity contribution in [3.8, 4) is 0 Å². The highest BCUT2D eigenvalue weighted by atomic mass is 35.5. The Balaban J connectivity index is 2.34. The van der Waals surface area contributed by atoms with E-state index in [2.05, 4.69) is 0 Å². The van der Waals surface area contributed by atoms with Crippen molar-refractivity contribution in [2.45, 2.75) is 6.54 Å². The van der Waals surface area contributed by atoms with Crippen molar-refractivity contribution in [2.75, 3.05) is 11.9 Å². The lowest BCUT2D eigenvalue weighted by Crippen LogP contribution is -2.22. The number of halogens is 2. The van der Waals surface area contributed by atoms with Gasteiger partial charge < -0.3 is 10.6 Å². The lowest BCUT2D eigenvalue weighted by molar-refractivity contribution is 0.608. The lowest BCUT2D eigenvalue weighted by Gasteiger charge is -2.22. The van der Waals surface area contributed by atoms with Gasteiger partial charge in [-0.15, -0.1) is 0 Å². The van der Waals surface area contributed by atoms with Crippen LogP contribution in [0, 0.1) is 5.82 Å². The minimum Gasteiger partial charge on any atom is -0.389 e. The Bertz CT molecular complexity index is 646. The summed E-state index contributed by atoms with van der Waals surface area (Å²) in [5.74, 6) is -0.238. The summed E-state index contributed by atoms with van der Waals surface area (Å²) in [5.41, 5.74) is 7.82. The zero-order valence-electron chi connectivity index (χ0n) is 10.9. The molecule has 0 aromatic heterocycles.